The minimum absolute atomic E-state index is 0.763. The highest BCUT2D eigenvalue weighted by molar-refractivity contribution is 7.90. The van der Waals surface area contributed by atoms with Crippen LogP contribution in [-0.2, 0) is 10.0 Å². The maximum atomic E-state index is 14.3. The monoisotopic (exact) mass is 765 g/mol. The molecule has 0 fully saturated rings. The number of hydrogen-bond acceptors (Lipinski definition) is 4. The third-order valence-electron chi connectivity index (χ3n) is 5.64. The van der Waals surface area contributed by atoms with Crippen molar-refractivity contribution in [3.05, 3.63) is 0 Å². The summed E-state index contributed by atoms with van der Waals surface area (Å²) in [6.07, 6.45) is -11.6. The number of hydrogen-bond donors (Lipinski definition) is 2. The molecule has 0 amide bonds. The topological polar surface area (TPSA) is 77.8 Å². The molecule has 0 radical (unpaired) electrons. The molecule has 0 aliphatic heterocycles. The molecule has 0 saturated heterocycles. The van der Waals surface area contributed by atoms with Crippen molar-refractivity contribution < 1.29 is 120 Å². The quantitative estimate of drug-likeness (QED) is 0.182. The van der Waals surface area contributed by atoms with Gasteiger partial charge in [-0.05, 0) is 6.42 Å². The zero-order valence-electron chi connectivity index (χ0n) is 21.2. The molecule has 0 aromatic heterocycles. The summed E-state index contributed by atoms with van der Waals surface area (Å²) >= 11 is 0. The van der Waals surface area contributed by atoms with Gasteiger partial charge in [-0.15, -0.1) is 0 Å². The van der Waals surface area contributed by atoms with E-state index in [1.54, 1.807) is 0 Å². The molecule has 278 valence electrons. The van der Waals surface area contributed by atoms with Gasteiger partial charge >= 0.3 is 64.7 Å². The third-order valence-corrected chi connectivity index (χ3v) is 7.55. The third kappa shape index (κ3) is 5.70. The Kier molecular flexibility index (Phi) is 11.5. The average Bonchev–Trinajstić information content (AvgIpc) is 2.86. The first kappa shape index (κ1) is 44.2. The van der Waals surface area contributed by atoms with E-state index in [4.69, 9.17) is 10.2 Å². The first-order valence-electron chi connectivity index (χ1n) is 10.8. The Hall–Kier alpha value is -1.78. The van der Waals surface area contributed by atoms with E-state index in [1.807, 2.05) is 0 Å². The van der Waals surface area contributed by atoms with Gasteiger partial charge < -0.3 is 10.2 Å². The minimum Gasteiger partial charge on any atom is -0.394 e. The van der Waals surface area contributed by atoms with Gasteiger partial charge in [-0.25, -0.2) is 8.42 Å². The summed E-state index contributed by atoms with van der Waals surface area (Å²) in [4.78, 5) is 0. The van der Waals surface area contributed by atoms with Crippen molar-refractivity contribution in [1.29, 1.82) is 0 Å². The van der Waals surface area contributed by atoms with Crippen LogP contribution in [0.4, 0.5) is 101 Å². The molecule has 0 aliphatic carbocycles. The van der Waals surface area contributed by atoms with Gasteiger partial charge in [0.1, 0.15) is 0 Å². The first-order chi connectivity index (χ1) is 19.7. The lowest BCUT2D eigenvalue weighted by atomic mass is 9.86. The predicted octanol–water partition coefficient (Wildman–Crippen LogP) is 6.25. The Labute approximate surface area is 238 Å². The summed E-state index contributed by atoms with van der Waals surface area (Å²) in [7, 11) is -7.78. The molecule has 2 N–H and O–H groups in total. The maximum Gasteiger partial charge on any atom is 0.460 e. The molecular weight excluding hydrogens is 751 g/mol. The van der Waals surface area contributed by atoms with Crippen molar-refractivity contribution >= 4 is 10.0 Å². The molecule has 29 heteroatoms. The van der Waals surface area contributed by atoms with E-state index in [-0.39, 0.29) is 0 Å². The van der Waals surface area contributed by atoms with Gasteiger partial charge in [0, 0.05) is 13.1 Å². The standard InChI is InChI=1S/C17H14F23NO4S/c1-2-3-41(4-6(43)5-42)46(44,45)17(39,40)15(34,35)13(30,31)11(26,27)9(22,23)7(18,19)8(20,21)10(24,25)12(28,29)14(32,33)16(36,37)38/h6,42-43H,2-5H2,1H3. The van der Waals surface area contributed by atoms with Gasteiger partial charge in [-0.1, -0.05) is 6.92 Å². The van der Waals surface area contributed by atoms with Crippen molar-refractivity contribution in [2.75, 3.05) is 19.7 Å². The van der Waals surface area contributed by atoms with Crippen LogP contribution in [0.5, 0.6) is 0 Å². The van der Waals surface area contributed by atoms with E-state index < -0.39 is 111 Å². The fourth-order valence-electron chi connectivity index (χ4n) is 2.92. The predicted molar refractivity (Wildman–Crippen MR) is 99.4 cm³/mol. The number of rotatable bonds is 16. The Balaban J connectivity index is 7.44. The number of aliphatic hydroxyl groups is 2. The average molecular weight is 765 g/mol. The van der Waals surface area contributed by atoms with Crippen molar-refractivity contribution in [1.82, 2.24) is 4.31 Å². The zero-order chi connectivity index (χ0) is 38.0. The molecule has 0 bridgehead atoms. The second kappa shape index (κ2) is 12.0. The number of nitrogens with zero attached hydrogens (tertiary/aromatic N) is 1. The largest absolute Gasteiger partial charge is 0.460 e. The van der Waals surface area contributed by atoms with Crippen LogP contribution in [0.3, 0.4) is 0 Å². The molecule has 0 aromatic carbocycles. The zero-order valence-corrected chi connectivity index (χ0v) is 22.0. The molecular formula is C17H14F23NO4S. The molecule has 5 nitrogen and oxygen atoms in total. The summed E-state index contributed by atoms with van der Waals surface area (Å²) < 4.78 is 334. The molecule has 1 unspecified atom stereocenters. The molecule has 0 spiro atoms. The molecule has 0 rings (SSSR count). The van der Waals surface area contributed by atoms with Gasteiger partial charge in [-0.3, -0.25) is 0 Å². The Morgan fingerprint density at radius 3 is 1.02 bits per heavy atom. The van der Waals surface area contributed by atoms with Crippen LogP contribution in [0.2, 0.25) is 0 Å². The number of sulfonamides is 1. The first-order valence-corrected chi connectivity index (χ1v) is 12.2. The SMILES string of the molecule is CCCN(CC(O)CO)S(=O)(=O)C(F)(F)C(F)(F)C(F)(F)C(F)(F)C(F)(F)C(F)(F)C(F)(F)C(F)(F)C(F)(F)C(F)(F)C(F)(F)F. The van der Waals surface area contributed by atoms with Gasteiger partial charge in [0.05, 0.1) is 12.7 Å². The second-order valence-corrected chi connectivity index (χ2v) is 10.9. The van der Waals surface area contributed by atoms with Crippen LogP contribution in [0, 0.1) is 0 Å². The molecule has 46 heavy (non-hydrogen) atoms. The Morgan fingerprint density at radius 2 is 0.783 bits per heavy atom. The highest BCUT2D eigenvalue weighted by atomic mass is 32.2. The molecule has 0 aliphatic rings. The molecule has 0 heterocycles. The lowest BCUT2D eigenvalue weighted by Crippen LogP contribution is -2.78. The maximum absolute atomic E-state index is 14.3. The lowest BCUT2D eigenvalue weighted by Gasteiger charge is -2.45. The smallest absolute Gasteiger partial charge is 0.394 e. The van der Waals surface area contributed by atoms with Gasteiger partial charge in [0.25, 0.3) is 10.0 Å². The van der Waals surface area contributed by atoms with Gasteiger partial charge in [0.15, 0.2) is 0 Å². The van der Waals surface area contributed by atoms with Crippen LogP contribution < -0.4 is 0 Å². The van der Waals surface area contributed by atoms with Crippen LogP contribution >= 0.6 is 0 Å². The van der Waals surface area contributed by atoms with E-state index in [2.05, 4.69) is 0 Å². The van der Waals surface area contributed by atoms with Crippen LogP contribution in [-0.4, -0.2) is 113 Å². The highest BCUT2D eigenvalue weighted by Crippen LogP contribution is 2.67. The van der Waals surface area contributed by atoms with Crippen LogP contribution in [0.25, 0.3) is 0 Å². The van der Waals surface area contributed by atoms with Gasteiger partial charge in [0.2, 0.25) is 0 Å². The molecule has 0 aromatic rings. The summed E-state index contributed by atoms with van der Waals surface area (Å²) in [5.74, 6) is -83.3. The van der Waals surface area contributed by atoms with E-state index in [0.717, 1.165) is 6.92 Å². The second-order valence-electron chi connectivity index (χ2n) is 8.88. The summed E-state index contributed by atoms with van der Waals surface area (Å²) in [5.41, 5.74) is 0. The van der Waals surface area contributed by atoms with Crippen molar-refractivity contribution in [3.8, 4) is 0 Å². The Morgan fingerprint density at radius 1 is 0.522 bits per heavy atom. The highest BCUT2D eigenvalue weighted by Gasteiger charge is 2.99. The Bertz CT molecular complexity index is 1180. The summed E-state index contributed by atoms with van der Waals surface area (Å²) in [5, 5.41) is 9.73. The van der Waals surface area contributed by atoms with Gasteiger partial charge in [-0.2, -0.15) is 105 Å². The van der Waals surface area contributed by atoms with E-state index in [1.165, 1.54) is 0 Å². The summed E-state index contributed by atoms with van der Waals surface area (Å²) in [6, 6.07) is 0. The lowest BCUT2D eigenvalue weighted by molar-refractivity contribution is -0.476. The van der Waals surface area contributed by atoms with E-state index in [9.17, 15) is 109 Å². The van der Waals surface area contributed by atoms with Crippen molar-refractivity contribution in [2.24, 2.45) is 0 Å². The van der Waals surface area contributed by atoms with E-state index in [0.29, 0.717) is 0 Å². The molecule has 1 atom stereocenters. The number of halogens is 23. The van der Waals surface area contributed by atoms with E-state index >= 15 is 0 Å². The van der Waals surface area contributed by atoms with Crippen molar-refractivity contribution in [3.63, 3.8) is 0 Å². The van der Waals surface area contributed by atoms with Crippen LogP contribution in [0.1, 0.15) is 13.3 Å². The summed E-state index contributed by atoms with van der Waals surface area (Å²) in [6.45, 7) is -4.52. The molecule has 0 saturated carbocycles. The van der Waals surface area contributed by atoms with Crippen molar-refractivity contribution in [2.45, 2.75) is 84.2 Å². The normalized spacial score (nSPS) is 17.1. The fourth-order valence-corrected chi connectivity index (χ4v) is 4.48. The minimum atomic E-state index is -9.61. The number of alkyl halides is 23. The number of aliphatic hydroxyl groups excluding tert-OH is 2. The fraction of sp³-hybridized carbons (Fsp3) is 1.00. The van der Waals surface area contributed by atoms with Crippen LogP contribution in [0.15, 0.2) is 0 Å².